The van der Waals surface area contributed by atoms with Gasteiger partial charge in [-0.05, 0) is 12.0 Å². The van der Waals surface area contributed by atoms with Gasteiger partial charge in [0.05, 0.1) is 6.54 Å². The molecule has 0 spiro atoms. The molecule has 2 aromatic rings. The Morgan fingerprint density at radius 1 is 1.22 bits per heavy atom. The van der Waals surface area contributed by atoms with Gasteiger partial charge in [0.2, 0.25) is 0 Å². The van der Waals surface area contributed by atoms with Crippen LogP contribution in [0.5, 0.6) is 5.75 Å². The lowest BCUT2D eigenvalue weighted by molar-refractivity contribution is -0.0504. The molecule has 150 valence electrons. The number of nitrogens with zero attached hydrogens (tertiary/aromatic N) is 3. The Balaban J connectivity index is 0.00000364. The third-order valence-corrected chi connectivity index (χ3v) is 3.64. The first-order valence-corrected chi connectivity index (χ1v) is 8.46. The van der Waals surface area contributed by atoms with Crippen LogP contribution in [0.2, 0.25) is 0 Å². The van der Waals surface area contributed by atoms with Crippen LogP contribution in [0, 0.1) is 5.92 Å². The molecule has 1 aromatic carbocycles. The van der Waals surface area contributed by atoms with E-state index in [9.17, 15) is 8.78 Å². The number of hydrogen-bond donors (Lipinski definition) is 2. The van der Waals surface area contributed by atoms with Crippen molar-refractivity contribution in [3.63, 3.8) is 0 Å². The monoisotopic (exact) mass is 493 g/mol. The molecule has 0 saturated heterocycles. The third kappa shape index (κ3) is 7.69. The molecule has 0 amide bonds. The van der Waals surface area contributed by atoms with E-state index in [2.05, 4.69) is 43.8 Å². The summed E-state index contributed by atoms with van der Waals surface area (Å²) in [7, 11) is 1.65. The first-order valence-electron chi connectivity index (χ1n) is 8.46. The Morgan fingerprint density at radius 2 is 1.93 bits per heavy atom. The lowest BCUT2D eigenvalue weighted by Gasteiger charge is -2.15. The molecular formula is C18H26F2IN5O. The molecule has 2 rings (SSSR count). The fourth-order valence-corrected chi connectivity index (χ4v) is 2.49. The summed E-state index contributed by atoms with van der Waals surface area (Å²) < 4.78 is 31.6. The summed E-state index contributed by atoms with van der Waals surface area (Å²) in [5.41, 5.74) is 0.622. The molecule has 1 heterocycles. The van der Waals surface area contributed by atoms with Crippen molar-refractivity contribution < 1.29 is 13.5 Å². The van der Waals surface area contributed by atoms with E-state index in [0.29, 0.717) is 30.5 Å². The van der Waals surface area contributed by atoms with Gasteiger partial charge in [0.1, 0.15) is 11.6 Å². The molecule has 0 saturated carbocycles. The summed E-state index contributed by atoms with van der Waals surface area (Å²) in [5.74, 6) is 2.13. The fourth-order valence-electron chi connectivity index (χ4n) is 2.49. The highest BCUT2D eigenvalue weighted by atomic mass is 127. The van der Waals surface area contributed by atoms with Gasteiger partial charge in [-0.1, -0.05) is 32.0 Å². The van der Waals surface area contributed by atoms with Crippen LogP contribution in [0.15, 0.2) is 41.7 Å². The first-order chi connectivity index (χ1) is 12.5. The molecule has 0 aliphatic rings. The minimum Gasteiger partial charge on any atom is -0.434 e. The molecule has 9 heteroatoms. The van der Waals surface area contributed by atoms with Crippen molar-refractivity contribution in [3.05, 3.63) is 48.0 Å². The van der Waals surface area contributed by atoms with Crippen LogP contribution >= 0.6 is 24.0 Å². The van der Waals surface area contributed by atoms with Gasteiger partial charge in [0, 0.05) is 38.1 Å². The fraction of sp³-hybridized carbons (Fsp3) is 0.444. The maximum Gasteiger partial charge on any atom is 0.387 e. The number of benzene rings is 1. The predicted molar refractivity (Wildman–Crippen MR) is 113 cm³/mol. The highest BCUT2D eigenvalue weighted by Gasteiger charge is 2.10. The van der Waals surface area contributed by atoms with Gasteiger partial charge in [-0.2, -0.15) is 8.78 Å². The van der Waals surface area contributed by atoms with E-state index in [4.69, 9.17) is 0 Å². The summed E-state index contributed by atoms with van der Waals surface area (Å²) >= 11 is 0. The maximum atomic E-state index is 12.5. The van der Waals surface area contributed by atoms with Crippen molar-refractivity contribution in [1.82, 2.24) is 20.2 Å². The topological polar surface area (TPSA) is 63.5 Å². The molecule has 27 heavy (non-hydrogen) atoms. The number of aromatic nitrogens is 2. The smallest absolute Gasteiger partial charge is 0.387 e. The number of ether oxygens (including phenoxy) is 1. The first kappa shape index (κ1) is 23.1. The van der Waals surface area contributed by atoms with Crippen LogP contribution in [0.1, 0.15) is 25.2 Å². The average Bonchev–Trinajstić information content (AvgIpc) is 3.02. The van der Waals surface area contributed by atoms with E-state index in [1.54, 1.807) is 31.4 Å². The van der Waals surface area contributed by atoms with E-state index in [-0.39, 0.29) is 29.7 Å². The van der Waals surface area contributed by atoms with Crippen LogP contribution in [-0.2, 0) is 19.6 Å². The zero-order chi connectivity index (χ0) is 18.9. The predicted octanol–water partition coefficient (Wildman–Crippen LogP) is 3.62. The van der Waals surface area contributed by atoms with Gasteiger partial charge in [0.15, 0.2) is 5.96 Å². The quantitative estimate of drug-likeness (QED) is 0.335. The number of aliphatic imine (C=N–C) groups is 1. The Hall–Kier alpha value is -1.91. The van der Waals surface area contributed by atoms with E-state index < -0.39 is 6.61 Å². The molecule has 1 aromatic heterocycles. The largest absolute Gasteiger partial charge is 0.434 e. The second-order valence-corrected chi connectivity index (χ2v) is 6.16. The van der Waals surface area contributed by atoms with Crippen LogP contribution < -0.4 is 15.4 Å². The van der Waals surface area contributed by atoms with Crippen LogP contribution in [0.4, 0.5) is 8.78 Å². The number of guanidine groups is 1. The zero-order valence-electron chi connectivity index (χ0n) is 15.7. The molecule has 0 radical (unpaired) electrons. The SMILES string of the molecule is CN=C(NCc1ccccc1OC(F)F)NCc1nccn1CC(C)C.I. The number of para-hydroxylation sites is 1. The highest BCUT2D eigenvalue weighted by molar-refractivity contribution is 14.0. The van der Waals surface area contributed by atoms with Gasteiger partial charge >= 0.3 is 6.61 Å². The molecular weight excluding hydrogens is 467 g/mol. The maximum absolute atomic E-state index is 12.5. The number of rotatable bonds is 8. The molecule has 0 unspecified atom stereocenters. The van der Waals surface area contributed by atoms with Gasteiger partial charge in [-0.3, -0.25) is 4.99 Å². The van der Waals surface area contributed by atoms with E-state index in [1.165, 1.54) is 6.07 Å². The summed E-state index contributed by atoms with van der Waals surface area (Å²) in [5, 5.41) is 6.28. The van der Waals surface area contributed by atoms with Crippen molar-refractivity contribution >= 4 is 29.9 Å². The van der Waals surface area contributed by atoms with Crippen LogP contribution in [-0.4, -0.2) is 29.2 Å². The minimum absolute atomic E-state index is 0. The average molecular weight is 493 g/mol. The lowest BCUT2D eigenvalue weighted by atomic mass is 10.2. The normalized spacial score (nSPS) is 11.4. The Kier molecular flexibility index (Phi) is 10.0. The zero-order valence-corrected chi connectivity index (χ0v) is 18.0. The Labute approximate surface area is 175 Å². The van der Waals surface area contributed by atoms with E-state index in [1.807, 2.05) is 6.20 Å². The van der Waals surface area contributed by atoms with Gasteiger partial charge in [-0.15, -0.1) is 24.0 Å². The van der Waals surface area contributed by atoms with Gasteiger partial charge in [-0.25, -0.2) is 4.98 Å². The van der Waals surface area contributed by atoms with Crippen molar-refractivity contribution in [3.8, 4) is 5.75 Å². The molecule has 0 atom stereocenters. The van der Waals surface area contributed by atoms with Gasteiger partial charge in [0.25, 0.3) is 0 Å². The summed E-state index contributed by atoms with van der Waals surface area (Å²) in [6.45, 7) is 3.15. The Bertz CT molecular complexity index is 721. The summed E-state index contributed by atoms with van der Waals surface area (Å²) in [6, 6.07) is 6.67. The molecule has 6 nitrogen and oxygen atoms in total. The molecule has 0 fully saturated rings. The summed E-state index contributed by atoms with van der Waals surface area (Å²) in [4.78, 5) is 8.51. The van der Waals surface area contributed by atoms with E-state index in [0.717, 1.165) is 12.4 Å². The molecule has 0 aliphatic carbocycles. The Morgan fingerprint density at radius 3 is 2.59 bits per heavy atom. The molecule has 0 bridgehead atoms. The molecule has 2 N–H and O–H groups in total. The minimum atomic E-state index is -2.85. The third-order valence-electron chi connectivity index (χ3n) is 3.64. The van der Waals surface area contributed by atoms with Crippen molar-refractivity contribution in [2.75, 3.05) is 7.05 Å². The second-order valence-electron chi connectivity index (χ2n) is 6.16. The lowest BCUT2D eigenvalue weighted by Crippen LogP contribution is -2.37. The number of hydrogen-bond acceptors (Lipinski definition) is 3. The highest BCUT2D eigenvalue weighted by Crippen LogP contribution is 2.19. The van der Waals surface area contributed by atoms with Crippen molar-refractivity contribution in [2.45, 2.75) is 40.1 Å². The van der Waals surface area contributed by atoms with Gasteiger partial charge < -0.3 is 19.9 Å². The number of nitrogens with one attached hydrogen (secondary N) is 2. The summed E-state index contributed by atoms with van der Waals surface area (Å²) in [6.07, 6.45) is 3.72. The second kappa shape index (κ2) is 11.7. The standard InChI is InChI=1S/C18H25F2N5O.HI/c1-13(2)12-25-9-8-22-16(25)11-24-18(21-3)23-10-14-6-4-5-7-15(14)26-17(19)20;/h4-9,13,17H,10-12H2,1-3H3,(H2,21,23,24);1H. The van der Waals surface area contributed by atoms with Crippen LogP contribution in [0.25, 0.3) is 0 Å². The number of halogens is 3. The molecule has 0 aliphatic heterocycles. The van der Waals surface area contributed by atoms with Crippen molar-refractivity contribution in [1.29, 1.82) is 0 Å². The number of alkyl halides is 2. The van der Waals surface area contributed by atoms with E-state index >= 15 is 0 Å². The van der Waals surface area contributed by atoms with Crippen LogP contribution in [0.3, 0.4) is 0 Å². The van der Waals surface area contributed by atoms with Crippen molar-refractivity contribution in [2.24, 2.45) is 10.9 Å². The number of imidazole rings is 1.